The molecule has 0 fully saturated rings. The van der Waals surface area contributed by atoms with Crippen LogP contribution in [0.5, 0.6) is 5.75 Å². The van der Waals surface area contributed by atoms with Crippen molar-refractivity contribution in [2.75, 3.05) is 0 Å². The predicted molar refractivity (Wildman–Crippen MR) is 129 cm³/mol. The molecule has 0 bridgehead atoms. The number of benzene rings is 4. The Balaban J connectivity index is 1.46. The quantitative estimate of drug-likeness (QED) is 0.218. The Morgan fingerprint density at radius 3 is 2.53 bits per heavy atom. The van der Waals surface area contributed by atoms with Gasteiger partial charge in [-0.3, -0.25) is 4.79 Å². The van der Waals surface area contributed by atoms with Crippen LogP contribution in [0.2, 0.25) is 0 Å². The highest BCUT2D eigenvalue weighted by Gasteiger charge is 2.30. The second-order valence-electron chi connectivity index (χ2n) is 7.43. The van der Waals surface area contributed by atoms with E-state index in [0.717, 1.165) is 32.9 Å². The molecule has 0 heterocycles. The standard InChI is InChI=1S/C26H18BrF3N2O2/c27-23-10-11-24(34-16-17-8-9-18-4-1-2-5-19(18)12-17)21(14-23)15-31-32-25(33)20-6-3-7-22(13-20)26(28,29)30/h1-15H,16H2,(H,32,33)/b31-15-. The third-order valence-electron chi connectivity index (χ3n) is 5.00. The van der Waals surface area contributed by atoms with Gasteiger partial charge in [-0.1, -0.05) is 58.4 Å². The summed E-state index contributed by atoms with van der Waals surface area (Å²) in [4.78, 5) is 12.3. The second-order valence-corrected chi connectivity index (χ2v) is 8.35. The second kappa shape index (κ2) is 10.1. The lowest BCUT2D eigenvalue weighted by Gasteiger charge is -2.11. The first-order valence-electron chi connectivity index (χ1n) is 10.2. The molecule has 0 saturated carbocycles. The Bertz CT molecular complexity index is 1370. The van der Waals surface area contributed by atoms with E-state index in [2.05, 4.69) is 32.5 Å². The largest absolute Gasteiger partial charge is 0.488 e. The van der Waals surface area contributed by atoms with E-state index >= 15 is 0 Å². The number of ether oxygens (including phenoxy) is 1. The fourth-order valence-corrected chi connectivity index (χ4v) is 3.68. The molecule has 0 saturated heterocycles. The van der Waals surface area contributed by atoms with Crippen LogP contribution in [0.3, 0.4) is 0 Å². The molecule has 0 radical (unpaired) electrons. The summed E-state index contributed by atoms with van der Waals surface area (Å²) in [6.45, 7) is 0.323. The van der Waals surface area contributed by atoms with Gasteiger partial charge >= 0.3 is 6.18 Å². The van der Waals surface area contributed by atoms with Crippen molar-refractivity contribution < 1.29 is 22.7 Å². The summed E-state index contributed by atoms with van der Waals surface area (Å²) in [6.07, 6.45) is -3.15. The minimum absolute atomic E-state index is 0.144. The number of rotatable bonds is 6. The number of halogens is 4. The fourth-order valence-electron chi connectivity index (χ4n) is 3.30. The van der Waals surface area contributed by atoms with E-state index in [1.54, 1.807) is 12.1 Å². The summed E-state index contributed by atoms with van der Waals surface area (Å²) in [5, 5.41) is 6.15. The average Bonchev–Trinajstić information content (AvgIpc) is 2.83. The Labute approximate surface area is 202 Å². The van der Waals surface area contributed by atoms with Gasteiger partial charge in [-0.25, -0.2) is 5.43 Å². The fraction of sp³-hybridized carbons (Fsp3) is 0.0769. The van der Waals surface area contributed by atoms with E-state index in [1.807, 2.05) is 42.5 Å². The molecular weight excluding hydrogens is 509 g/mol. The van der Waals surface area contributed by atoms with Crippen LogP contribution in [0.1, 0.15) is 27.0 Å². The number of nitrogens with one attached hydrogen (secondary N) is 1. The molecule has 4 aromatic carbocycles. The molecule has 0 spiro atoms. The first-order valence-corrected chi connectivity index (χ1v) is 11.0. The zero-order chi connectivity index (χ0) is 24.1. The number of carbonyl (C=O) groups is 1. The Hall–Kier alpha value is -3.65. The number of fused-ring (bicyclic) bond motifs is 1. The lowest BCUT2D eigenvalue weighted by Crippen LogP contribution is -2.18. The van der Waals surface area contributed by atoms with Gasteiger partial charge in [-0.15, -0.1) is 0 Å². The van der Waals surface area contributed by atoms with Crippen molar-refractivity contribution in [1.29, 1.82) is 0 Å². The zero-order valence-corrected chi connectivity index (χ0v) is 19.2. The summed E-state index contributed by atoms with van der Waals surface area (Å²) in [6, 6.07) is 23.6. The van der Waals surface area contributed by atoms with E-state index in [-0.39, 0.29) is 5.56 Å². The first kappa shape index (κ1) is 23.5. The van der Waals surface area contributed by atoms with E-state index in [9.17, 15) is 18.0 Å². The maximum atomic E-state index is 12.9. The van der Waals surface area contributed by atoms with Crippen molar-refractivity contribution in [2.45, 2.75) is 12.8 Å². The molecule has 1 amide bonds. The molecule has 0 unspecified atom stereocenters. The molecule has 4 nitrogen and oxygen atoms in total. The summed E-state index contributed by atoms with van der Waals surface area (Å²) in [5.41, 5.74) is 2.78. The van der Waals surface area contributed by atoms with Gasteiger partial charge in [-0.05, 0) is 58.8 Å². The van der Waals surface area contributed by atoms with Crippen LogP contribution in [-0.2, 0) is 12.8 Å². The molecule has 4 rings (SSSR count). The van der Waals surface area contributed by atoms with Gasteiger partial charge in [0.1, 0.15) is 12.4 Å². The Morgan fingerprint density at radius 1 is 0.941 bits per heavy atom. The maximum absolute atomic E-state index is 12.9. The van der Waals surface area contributed by atoms with Crippen LogP contribution < -0.4 is 10.2 Å². The normalized spacial score (nSPS) is 11.6. The average molecular weight is 527 g/mol. The molecule has 8 heteroatoms. The zero-order valence-electron chi connectivity index (χ0n) is 17.6. The number of alkyl halides is 3. The summed E-state index contributed by atoms with van der Waals surface area (Å²) in [7, 11) is 0. The predicted octanol–water partition coefficient (Wildman–Crippen LogP) is 6.96. The van der Waals surface area contributed by atoms with Crippen LogP contribution in [0, 0.1) is 0 Å². The number of carbonyl (C=O) groups excluding carboxylic acids is 1. The van der Waals surface area contributed by atoms with Crippen molar-refractivity contribution in [3.8, 4) is 5.75 Å². The van der Waals surface area contributed by atoms with Gasteiger partial charge < -0.3 is 4.74 Å². The van der Waals surface area contributed by atoms with E-state index < -0.39 is 17.6 Å². The van der Waals surface area contributed by atoms with Gasteiger partial charge in [0.15, 0.2) is 0 Å². The van der Waals surface area contributed by atoms with Crippen molar-refractivity contribution in [1.82, 2.24) is 5.43 Å². The summed E-state index contributed by atoms with van der Waals surface area (Å²) < 4.78 is 45.4. The van der Waals surface area contributed by atoms with Gasteiger partial charge in [-0.2, -0.15) is 18.3 Å². The van der Waals surface area contributed by atoms with Crippen molar-refractivity contribution in [3.05, 3.63) is 112 Å². The SMILES string of the molecule is O=C(N/N=C\c1cc(Br)ccc1OCc1ccc2ccccc2c1)c1cccc(C(F)(F)F)c1. The number of hydrazone groups is 1. The number of hydrogen-bond acceptors (Lipinski definition) is 3. The number of hydrogen-bond donors (Lipinski definition) is 1. The maximum Gasteiger partial charge on any atom is 0.416 e. The molecular formula is C26H18BrF3N2O2. The van der Waals surface area contributed by atoms with Crippen molar-refractivity contribution in [3.63, 3.8) is 0 Å². The molecule has 0 aliphatic heterocycles. The van der Waals surface area contributed by atoms with Crippen LogP contribution >= 0.6 is 15.9 Å². The highest BCUT2D eigenvalue weighted by molar-refractivity contribution is 9.10. The smallest absolute Gasteiger partial charge is 0.416 e. The first-order chi connectivity index (χ1) is 16.3. The minimum atomic E-state index is -4.53. The Kier molecular flexibility index (Phi) is 6.98. The third kappa shape index (κ3) is 5.82. The van der Waals surface area contributed by atoms with Crippen LogP contribution in [0.25, 0.3) is 10.8 Å². The number of nitrogens with zero attached hydrogens (tertiary/aromatic N) is 1. The molecule has 0 aliphatic carbocycles. The molecule has 0 aliphatic rings. The van der Waals surface area contributed by atoms with Crippen LogP contribution in [0.15, 0.2) is 94.5 Å². The lowest BCUT2D eigenvalue weighted by molar-refractivity contribution is -0.137. The van der Waals surface area contributed by atoms with E-state index in [4.69, 9.17) is 4.74 Å². The van der Waals surface area contributed by atoms with Gasteiger partial charge in [0.25, 0.3) is 5.91 Å². The monoisotopic (exact) mass is 526 g/mol. The minimum Gasteiger partial charge on any atom is -0.488 e. The summed E-state index contributed by atoms with van der Waals surface area (Å²) >= 11 is 3.39. The van der Waals surface area contributed by atoms with Crippen LogP contribution in [0.4, 0.5) is 13.2 Å². The van der Waals surface area contributed by atoms with Crippen molar-refractivity contribution >= 4 is 38.8 Å². The summed E-state index contributed by atoms with van der Waals surface area (Å²) in [5.74, 6) is -0.218. The Morgan fingerprint density at radius 2 is 1.74 bits per heavy atom. The number of amides is 1. The topological polar surface area (TPSA) is 50.7 Å². The highest BCUT2D eigenvalue weighted by atomic mass is 79.9. The van der Waals surface area contributed by atoms with Gasteiger partial charge in [0.2, 0.25) is 0 Å². The van der Waals surface area contributed by atoms with Gasteiger partial charge in [0, 0.05) is 15.6 Å². The lowest BCUT2D eigenvalue weighted by atomic mass is 10.1. The van der Waals surface area contributed by atoms with Crippen molar-refractivity contribution in [2.24, 2.45) is 5.10 Å². The molecule has 4 aromatic rings. The molecule has 34 heavy (non-hydrogen) atoms. The van der Waals surface area contributed by atoms with Gasteiger partial charge in [0.05, 0.1) is 11.8 Å². The van der Waals surface area contributed by atoms with E-state index in [1.165, 1.54) is 18.3 Å². The molecule has 0 aromatic heterocycles. The molecule has 1 N–H and O–H groups in total. The van der Waals surface area contributed by atoms with Crippen LogP contribution in [-0.4, -0.2) is 12.1 Å². The molecule has 0 atom stereocenters. The third-order valence-corrected chi connectivity index (χ3v) is 5.50. The molecule has 172 valence electrons. The van der Waals surface area contributed by atoms with E-state index in [0.29, 0.717) is 17.9 Å². The highest BCUT2D eigenvalue weighted by Crippen LogP contribution is 2.29.